The largest absolute Gasteiger partial charge is 0.444 e. The predicted octanol–water partition coefficient (Wildman–Crippen LogP) is 3.09. The molecule has 0 heterocycles. The number of rotatable bonds is 3. The second kappa shape index (κ2) is 6.48. The van der Waals surface area contributed by atoms with E-state index in [0.29, 0.717) is 6.54 Å². The van der Waals surface area contributed by atoms with Crippen molar-refractivity contribution in [2.45, 2.75) is 58.1 Å². The zero-order valence-corrected chi connectivity index (χ0v) is 13.2. The summed E-state index contributed by atoms with van der Waals surface area (Å²) in [7, 11) is 0. The Labute approximate surface area is 127 Å². The van der Waals surface area contributed by atoms with Gasteiger partial charge in [0.15, 0.2) is 0 Å². The maximum Gasteiger partial charge on any atom is 0.407 e. The minimum absolute atomic E-state index is 0.160. The molecular formula is C17H26N2O2. The van der Waals surface area contributed by atoms with Crippen LogP contribution in [0.15, 0.2) is 18.2 Å². The summed E-state index contributed by atoms with van der Waals surface area (Å²) in [5.74, 6) is 0. The normalized spacial score (nSPS) is 18.0. The Kier molecular flexibility index (Phi) is 4.88. The highest BCUT2D eigenvalue weighted by atomic mass is 16.6. The summed E-state index contributed by atoms with van der Waals surface area (Å²) in [5, 5.41) is 2.81. The van der Waals surface area contributed by atoms with Gasteiger partial charge in [0, 0.05) is 12.6 Å². The summed E-state index contributed by atoms with van der Waals surface area (Å²) in [4.78, 5) is 11.6. The van der Waals surface area contributed by atoms with Crippen LogP contribution in [-0.2, 0) is 17.6 Å². The van der Waals surface area contributed by atoms with E-state index >= 15 is 0 Å². The van der Waals surface area contributed by atoms with Crippen LogP contribution in [0.1, 0.15) is 56.3 Å². The minimum Gasteiger partial charge on any atom is -0.444 e. The molecule has 1 atom stereocenters. The van der Waals surface area contributed by atoms with E-state index in [-0.39, 0.29) is 12.1 Å². The molecule has 3 N–H and O–H groups in total. The van der Waals surface area contributed by atoms with Gasteiger partial charge in [-0.25, -0.2) is 4.79 Å². The Hall–Kier alpha value is -1.55. The molecule has 1 amide bonds. The summed E-state index contributed by atoms with van der Waals surface area (Å²) in [6.45, 7) is 6.17. The summed E-state index contributed by atoms with van der Waals surface area (Å²) in [6, 6.07) is 6.48. The summed E-state index contributed by atoms with van der Waals surface area (Å²) in [6.07, 6.45) is 3.75. The third-order valence-corrected chi connectivity index (χ3v) is 3.71. The van der Waals surface area contributed by atoms with E-state index in [0.717, 1.165) is 25.7 Å². The van der Waals surface area contributed by atoms with Crippen molar-refractivity contribution in [2.24, 2.45) is 5.73 Å². The van der Waals surface area contributed by atoms with Crippen molar-refractivity contribution in [3.05, 3.63) is 34.9 Å². The lowest BCUT2D eigenvalue weighted by Gasteiger charge is -2.25. The lowest BCUT2D eigenvalue weighted by Crippen LogP contribution is -2.33. The zero-order valence-electron chi connectivity index (χ0n) is 13.2. The fourth-order valence-corrected chi connectivity index (χ4v) is 2.81. The van der Waals surface area contributed by atoms with Crippen LogP contribution in [0.3, 0.4) is 0 Å². The number of benzene rings is 1. The van der Waals surface area contributed by atoms with Crippen molar-refractivity contribution in [3.63, 3.8) is 0 Å². The molecule has 21 heavy (non-hydrogen) atoms. The Morgan fingerprint density at radius 1 is 1.43 bits per heavy atom. The Morgan fingerprint density at radius 2 is 2.19 bits per heavy atom. The van der Waals surface area contributed by atoms with Crippen molar-refractivity contribution in [3.8, 4) is 0 Å². The number of hydrogen-bond donors (Lipinski definition) is 2. The van der Waals surface area contributed by atoms with E-state index in [1.807, 2.05) is 20.8 Å². The molecule has 4 heteroatoms. The Bertz CT molecular complexity index is 506. The molecule has 0 saturated heterocycles. The average molecular weight is 290 g/mol. The fourth-order valence-electron chi connectivity index (χ4n) is 2.81. The van der Waals surface area contributed by atoms with E-state index in [2.05, 4.69) is 23.5 Å². The van der Waals surface area contributed by atoms with Crippen LogP contribution in [0.4, 0.5) is 4.79 Å². The summed E-state index contributed by atoms with van der Waals surface area (Å²) in [5.41, 5.74) is 9.66. The number of carbonyl (C=O) groups excluding carboxylic acids is 1. The molecule has 1 aliphatic rings. The molecule has 1 aromatic carbocycles. The average Bonchev–Trinajstić information content (AvgIpc) is 2.37. The van der Waals surface area contributed by atoms with Gasteiger partial charge in [-0.3, -0.25) is 0 Å². The molecule has 0 aromatic heterocycles. The van der Waals surface area contributed by atoms with Crippen LogP contribution < -0.4 is 11.1 Å². The van der Waals surface area contributed by atoms with Gasteiger partial charge >= 0.3 is 6.09 Å². The maximum atomic E-state index is 11.6. The first kappa shape index (κ1) is 15.8. The molecule has 0 bridgehead atoms. The van der Waals surface area contributed by atoms with Crippen LogP contribution >= 0.6 is 0 Å². The van der Waals surface area contributed by atoms with Gasteiger partial charge in [0.1, 0.15) is 5.60 Å². The lowest BCUT2D eigenvalue weighted by molar-refractivity contribution is 0.0528. The predicted molar refractivity (Wildman–Crippen MR) is 84.2 cm³/mol. The molecule has 116 valence electrons. The van der Waals surface area contributed by atoms with Crippen molar-refractivity contribution >= 4 is 6.09 Å². The van der Waals surface area contributed by atoms with E-state index in [1.54, 1.807) is 0 Å². The van der Waals surface area contributed by atoms with Gasteiger partial charge in [-0.2, -0.15) is 0 Å². The standard InChI is InChI=1S/C17H26N2O2/c1-17(2,3)21-16(20)19-11-10-12-6-4-8-14-13(12)7-5-9-15(14)18/h4,6,8,15H,5,7,9-11,18H2,1-3H3,(H,19,20). The number of ether oxygens (including phenoxy) is 1. The van der Waals surface area contributed by atoms with Crippen LogP contribution in [0.5, 0.6) is 0 Å². The highest BCUT2D eigenvalue weighted by Gasteiger charge is 2.19. The van der Waals surface area contributed by atoms with Gasteiger partial charge in [0.05, 0.1) is 0 Å². The molecule has 0 spiro atoms. The topological polar surface area (TPSA) is 64.3 Å². The van der Waals surface area contributed by atoms with Gasteiger partial charge in [-0.15, -0.1) is 0 Å². The summed E-state index contributed by atoms with van der Waals surface area (Å²) < 4.78 is 5.24. The monoisotopic (exact) mass is 290 g/mol. The molecule has 0 saturated carbocycles. The number of hydrogen-bond acceptors (Lipinski definition) is 3. The number of alkyl carbamates (subject to hydrolysis) is 1. The van der Waals surface area contributed by atoms with Gasteiger partial charge in [0.25, 0.3) is 0 Å². The van der Waals surface area contributed by atoms with Gasteiger partial charge in [-0.05, 0) is 63.1 Å². The van der Waals surface area contributed by atoms with Gasteiger partial charge in [0.2, 0.25) is 0 Å². The van der Waals surface area contributed by atoms with Gasteiger partial charge in [-0.1, -0.05) is 18.2 Å². The third-order valence-electron chi connectivity index (χ3n) is 3.71. The fraction of sp³-hybridized carbons (Fsp3) is 0.588. The van der Waals surface area contributed by atoms with Crippen molar-refractivity contribution in [1.82, 2.24) is 5.32 Å². The highest BCUT2D eigenvalue weighted by molar-refractivity contribution is 5.67. The second-order valence-electron chi connectivity index (χ2n) is 6.66. The first-order chi connectivity index (χ1) is 9.87. The summed E-state index contributed by atoms with van der Waals surface area (Å²) >= 11 is 0. The molecule has 0 radical (unpaired) electrons. The molecule has 2 rings (SSSR count). The first-order valence-electron chi connectivity index (χ1n) is 7.70. The van der Waals surface area contributed by atoms with Crippen molar-refractivity contribution in [1.29, 1.82) is 0 Å². The number of fused-ring (bicyclic) bond motifs is 1. The third kappa shape index (κ3) is 4.46. The first-order valence-corrected chi connectivity index (χ1v) is 7.70. The number of carbonyl (C=O) groups is 1. The molecule has 4 nitrogen and oxygen atoms in total. The second-order valence-corrected chi connectivity index (χ2v) is 6.66. The Balaban J connectivity index is 1.92. The molecule has 1 aliphatic carbocycles. The smallest absolute Gasteiger partial charge is 0.407 e. The van der Waals surface area contributed by atoms with E-state index < -0.39 is 5.60 Å². The molecule has 1 unspecified atom stereocenters. The highest BCUT2D eigenvalue weighted by Crippen LogP contribution is 2.30. The van der Waals surface area contributed by atoms with Crippen LogP contribution in [0.2, 0.25) is 0 Å². The number of nitrogens with one attached hydrogen (secondary N) is 1. The van der Waals surface area contributed by atoms with Crippen molar-refractivity contribution < 1.29 is 9.53 Å². The number of amides is 1. The molecule has 0 aliphatic heterocycles. The van der Waals surface area contributed by atoms with Crippen LogP contribution in [-0.4, -0.2) is 18.2 Å². The Morgan fingerprint density at radius 3 is 2.90 bits per heavy atom. The minimum atomic E-state index is -0.456. The van der Waals surface area contributed by atoms with Gasteiger partial charge < -0.3 is 15.8 Å². The lowest BCUT2D eigenvalue weighted by atomic mass is 9.84. The van der Waals surface area contributed by atoms with E-state index in [1.165, 1.54) is 16.7 Å². The molecule has 0 fully saturated rings. The van der Waals surface area contributed by atoms with E-state index in [4.69, 9.17) is 10.5 Å². The quantitative estimate of drug-likeness (QED) is 0.899. The molecular weight excluding hydrogens is 264 g/mol. The SMILES string of the molecule is CC(C)(C)OC(=O)NCCc1cccc2c1CCCC2N. The van der Waals surface area contributed by atoms with Crippen molar-refractivity contribution in [2.75, 3.05) is 6.54 Å². The van der Waals surface area contributed by atoms with Crippen LogP contribution in [0.25, 0.3) is 0 Å². The zero-order chi connectivity index (χ0) is 15.5. The van der Waals surface area contributed by atoms with Crippen LogP contribution in [0, 0.1) is 0 Å². The number of nitrogens with two attached hydrogens (primary N) is 1. The molecule has 1 aromatic rings. The maximum absolute atomic E-state index is 11.6. The van der Waals surface area contributed by atoms with E-state index in [9.17, 15) is 4.79 Å².